The highest BCUT2D eigenvalue weighted by Crippen LogP contribution is 2.28. The molecular weight excluding hydrogens is 238 g/mol. The maximum Gasteiger partial charge on any atom is 0.238 e. The predicted octanol–water partition coefficient (Wildman–Crippen LogP) is 2.98. The molecule has 4 nitrogen and oxygen atoms in total. The summed E-state index contributed by atoms with van der Waals surface area (Å²) in [6.45, 7) is 0. The molecule has 1 heterocycles. The highest BCUT2D eigenvalue weighted by molar-refractivity contribution is 6.32. The van der Waals surface area contributed by atoms with Crippen molar-refractivity contribution in [2.24, 2.45) is 0 Å². The summed E-state index contributed by atoms with van der Waals surface area (Å²) in [5.41, 5.74) is 6.50. The van der Waals surface area contributed by atoms with Gasteiger partial charge in [-0.2, -0.15) is 5.26 Å². The second-order valence-electron chi connectivity index (χ2n) is 3.30. The number of benzene rings is 1. The maximum atomic E-state index is 8.76. The lowest BCUT2D eigenvalue weighted by Crippen LogP contribution is -1.92. The molecule has 0 aliphatic carbocycles. The Hall–Kier alpha value is -2.25. The fourth-order valence-electron chi connectivity index (χ4n) is 1.26. The summed E-state index contributed by atoms with van der Waals surface area (Å²) in [5, 5.41) is 9.08. The Bertz CT molecular complexity index is 593. The Morgan fingerprint density at radius 2 is 2.18 bits per heavy atom. The summed E-state index contributed by atoms with van der Waals surface area (Å²) in [5.74, 6) is 0.763. The van der Waals surface area contributed by atoms with Crippen LogP contribution in [0.15, 0.2) is 36.5 Å². The second-order valence-corrected chi connectivity index (χ2v) is 3.70. The van der Waals surface area contributed by atoms with E-state index in [0.29, 0.717) is 22.0 Å². The SMILES string of the molecule is N#Cc1cccc(Oc2ncc(N)cc2Cl)c1. The molecule has 0 saturated heterocycles. The summed E-state index contributed by atoms with van der Waals surface area (Å²) in [7, 11) is 0. The van der Waals surface area contributed by atoms with Crippen LogP contribution in [-0.4, -0.2) is 4.98 Å². The maximum absolute atomic E-state index is 8.76. The van der Waals surface area contributed by atoms with Gasteiger partial charge < -0.3 is 10.5 Å². The quantitative estimate of drug-likeness (QED) is 0.883. The molecule has 5 heteroatoms. The van der Waals surface area contributed by atoms with Crippen LogP contribution < -0.4 is 10.5 Å². The molecule has 1 aromatic carbocycles. The van der Waals surface area contributed by atoms with Gasteiger partial charge in [-0.15, -0.1) is 0 Å². The predicted molar refractivity (Wildman–Crippen MR) is 64.9 cm³/mol. The van der Waals surface area contributed by atoms with Crippen LogP contribution in [0.25, 0.3) is 0 Å². The van der Waals surface area contributed by atoms with Crippen molar-refractivity contribution in [2.75, 3.05) is 5.73 Å². The number of pyridine rings is 1. The molecule has 0 radical (unpaired) electrons. The van der Waals surface area contributed by atoms with Gasteiger partial charge >= 0.3 is 0 Å². The number of ether oxygens (including phenoxy) is 1. The van der Waals surface area contributed by atoms with Gasteiger partial charge in [-0.05, 0) is 24.3 Å². The standard InChI is InChI=1S/C12H8ClN3O/c13-11-5-9(15)7-16-12(11)17-10-3-1-2-8(4-10)6-14/h1-5,7H,15H2. The van der Waals surface area contributed by atoms with Crippen molar-refractivity contribution in [3.8, 4) is 17.7 Å². The minimum atomic E-state index is 0.260. The molecular formula is C12H8ClN3O. The van der Waals surface area contributed by atoms with Crippen molar-refractivity contribution >= 4 is 17.3 Å². The van der Waals surface area contributed by atoms with Crippen LogP contribution in [0.3, 0.4) is 0 Å². The van der Waals surface area contributed by atoms with E-state index in [0.717, 1.165) is 0 Å². The monoisotopic (exact) mass is 245 g/mol. The van der Waals surface area contributed by atoms with Crippen molar-refractivity contribution in [1.82, 2.24) is 4.98 Å². The fraction of sp³-hybridized carbons (Fsp3) is 0. The number of rotatable bonds is 2. The highest BCUT2D eigenvalue weighted by Gasteiger charge is 2.05. The third-order valence-electron chi connectivity index (χ3n) is 2.01. The number of nitriles is 1. The summed E-state index contributed by atoms with van der Waals surface area (Å²) >= 11 is 5.92. The number of halogens is 1. The molecule has 0 amide bonds. The molecule has 1 aromatic heterocycles. The molecule has 0 fully saturated rings. The van der Waals surface area contributed by atoms with Crippen LogP contribution in [-0.2, 0) is 0 Å². The van der Waals surface area contributed by atoms with Crippen molar-refractivity contribution in [3.63, 3.8) is 0 Å². The van der Waals surface area contributed by atoms with Gasteiger partial charge in [0, 0.05) is 0 Å². The lowest BCUT2D eigenvalue weighted by molar-refractivity contribution is 0.463. The third kappa shape index (κ3) is 2.65. The van der Waals surface area contributed by atoms with E-state index in [-0.39, 0.29) is 5.88 Å². The van der Waals surface area contributed by atoms with Crippen LogP contribution in [0.1, 0.15) is 5.56 Å². The van der Waals surface area contributed by atoms with Gasteiger partial charge in [0.25, 0.3) is 0 Å². The molecule has 0 bridgehead atoms. The minimum absolute atomic E-state index is 0.260. The van der Waals surface area contributed by atoms with Crippen LogP contribution in [0.4, 0.5) is 5.69 Å². The first kappa shape index (κ1) is 11.2. The van der Waals surface area contributed by atoms with Crippen LogP contribution in [0.2, 0.25) is 5.02 Å². The molecule has 84 valence electrons. The topological polar surface area (TPSA) is 71.9 Å². The Kier molecular flexibility index (Phi) is 3.12. The smallest absolute Gasteiger partial charge is 0.238 e. The van der Waals surface area contributed by atoms with Crippen LogP contribution in [0, 0.1) is 11.3 Å². The largest absolute Gasteiger partial charge is 0.437 e. The van der Waals surface area contributed by atoms with Crippen molar-refractivity contribution in [1.29, 1.82) is 5.26 Å². The van der Waals surface area contributed by atoms with Gasteiger partial charge in [0.05, 0.1) is 23.5 Å². The Morgan fingerprint density at radius 1 is 1.35 bits per heavy atom. The third-order valence-corrected chi connectivity index (χ3v) is 2.28. The zero-order valence-corrected chi connectivity index (χ0v) is 9.48. The summed E-state index contributed by atoms with van der Waals surface area (Å²) in [6, 6.07) is 10.3. The zero-order valence-electron chi connectivity index (χ0n) is 8.72. The van der Waals surface area contributed by atoms with Crippen LogP contribution >= 0.6 is 11.6 Å². The number of aromatic nitrogens is 1. The molecule has 0 aliphatic rings. The first-order chi connectivity index (χ1) is 8.19. The Balaban J connectivity index is 2.28. The van der Waals surface area contributed by atoms with E-state index in [9.17, 15) is 0 Å². The van der Waals surface area contributed by atoms with Gasteiger partial charge in [-0.25, -0.2) is 4.98 Å². The summed E-state index contributed by atoms with van der Waals surface area (Å²) in [6.07, 6.45) is 1.45. The number of anilines is 1. The Morgan fingerprint density at radius 3 is 2.88 bits per heavy atom. The normalized spacial score (nSPS) is 9.65. The van der Waals surface area contributed by atoms with Crippen molar-refractivity contribution in [3.05, 3.63) is 47.1 Å². The van der Waals surface area contributed by atoms with E-state index in [4.69, 9.17) is 27.3 Å². The van der Waals surface area contributed by atoms with Crippen molar-refractivity contribution < 1.29 is 4.74 Å². The fourth-order valence-corrected chi connectivity index (χ4v) is 1.47. The van der Waals surface area contributed by atoms with E-state index < -0.39 is 0 Å². The van der Waals surface area contributed by atoms with E-state index in [1.165, 1.54) is 6.20 Å². The van der Waals surface area contributed by atoms with E-state index in [1.807, 2.05) is 6.07 Å². The number of nitrogens with two attached hydrogens (primary N) is 1. The van der Waals surface area contributed by atoms with Gasteiger partial charge in [-0.1, -0.05) is 17.7 Å². The molecule has 0 aliphatic heterocycles. The molecule has 0 atom stereocenters. The number of hydrogen-bond donors (Lipinski definition) is 1. The zero-order chi connectivity index (χ0) is 12.3. The Labute approximate surface area is 103 Å². The molecule has 17 heavy (non-hydrogen) atoms. The van der Waals surface area contributed by atoms with Gasteiger partial charge in [0.15, 0.2) is 0 Å². The molecule has 2 N–H and O–H groups in total. The molecule has 0 unspecified atom stereocenters. The molecule has 2 aromatic rings. The summed E-state index contributed by atoms with van der Waals surface area (Å²) in [4.78, 5) is 3.97. The molecule has 0 saturated carbocycles. The summed E-state index contributed by atoms with van der Waals surface area (Å²) < 4.78 is 5.46. The second kappa shape index (κ2) is 4.73. The highest BCUT2D eigenvalue weighted by atomic mass is 35.5. The molecule has 2 rings (SSSR count). The molecule has 0 spiro atoms. The minimum Gasteiger partial charge on any atom is -0.437 e. The van der Waals surface area contributed by atoms with Gasteiger partial charge in [-0.3, -0.25) is 0 Å². The average molecular weight is 246 g/mol. The van der Waals surface area contributed by atoms with Crippen LogP contribution in [0.5, 0.6) is 11.6 Å². The lowest BCUT2D eigenvalue weighted by Gasteiger charge is -2.06. The van der Waals surface area contributed by atoms with E-state index >= 15 is 0 Å². The number of hydrogen-bond acceptors (Lipinski definition) is 4. The lowest BCUT2D eigenvalue weighted by atomic mass is 10.2. The first-order valence-corrected chi connectivity index (χ1v) is 5.16. The first-order valence-electron chi connectivity index (χ1n) is 4.78. The van der Waals surface area contributed by atoms with E-state index in [2.05, 4.69) is 4.98 Å². The number of nitrogen functional groups attached to an aromatic ring is 1. The van der Waals surface area contributed by atoms with Gasteiger partial charge in [0.1, 0.15) is 10.8 Å². The van der Waals surface area contributed by atoms with Gasteiger partial charge in [0.2, 0.25) is 5.88 Å². The number of nitrogens with zero attached hydrogens (tertiary/aromatic N) is 2. The average Bonchev–Trinajstić information content (AvgIpc) is 2.33. The van der Waals surface area contributed by atoms with Crippen molar-refractivity contribution in [2.45, 2.75) is 0 Å². The van der Waals surface area contributed by atoms with E-state index in [1.54, 1.807) is 30.3 Å².